The van der Waals surface area contributed by atoms with Gasteiger partial charge in [-0.15, -0.1) is 0 Å². The highest BCUT2D eigenvalue weighted by molar-refractivity contribution is 5.74. The summed E-state index contributed by atoms with van der Waals surface area (Å²) in [4.78, 5) is 11.3. The largest absolute Gasteiger partial charge is 0.547 e. The summed E-state index contributed by atoms with van der Waals surface area (Å²) in [5.74, 6) is -1.28. The van der Waals surface area contributed by atoms with E-state index in [1.165, 1.54) is 57.8 Å². The molecule has 0 aromatic rings. The van der Waals surface area contributed by atoms with Crippen LogP contribution in [0.15, 0.2) is 0 Å². The van der Waals surface area contributed by atoms with E-state index in [-0.39, 0.29) is 0 Å². The third-order valence-corrected chi connectivity index (χ3v) is 5.02. The van der Waals surface area contributed by atoms with Crippen molar-refractivity contribution in [3.63, 3.8) is 0 Å². The molecule has 1 atom stereocenters. The van der Waals surface area contributed by atoms with Crippen LogP contribution < -0.4 is 5.11 Å². The van der Waals surface area contributed by atoms with Crippen LogP contribution in [0, 0.1) is 0 Å². The number of aliphatic hydroxyl groups is 1. The molecule has 0 aromatic heterocycles. The first kappa shape index (κ1) is 23.4. The molecule has 0 amide bonds. The van der Waals surface area contributed by atoms with Crippen LogP contribution in [0.5, 0.6) is 0 Å². The summed E-state index contributed by atoms with van der Waals surface area (Å²) in [7, 11) is 0. The molecule has 0 spiro atoms. The zero-order chi connectivity index (χ0) is 18.1. The number of carboxylic acids is 1. The van der Waals surface area contributed by atoms with Crippen LogP contribution in [0.25, 0.3) is 0 Å². The fourth-order valence-corrected chi connectivity index (χ4v) is 3.26. The molecule has 0 aliphatic carbocycles. The van der Waals surface area contributed by atoms with Crippen LogP contribution in [0.1, 0.15) is 123 Å². The lowest BCUT2D eigenvalue weighted by Crippen LogP contribution is -2.48. The summed E-state index contributed by atoms with van der Waals surface area (Å²) in [6.07, 6.45) is 18.0. The van der Waals surface area contributed by atoms with Crippen molar-refractivity contribution in [3.05, 3.63) is 0 Å². The Bertz CT molecular complexity index is 291. The van der Waals surface area contributed by atoms with Crippen LogP contribution in [0.4, 0.5) is 0 Å². The SMILES string of the molecule is CCCCCCCCCCCC(O)(CCCCCCCC)C(=O)[O-]. The monoisotopic (exact) mass is 341 g/mol. The zero-order valence-electron chi connectivity index (χ0n) is 16.3. The van der Waals surface area contributed by atoms with Crippen molar-refractivity contribution in [2.24, 2.45) is 0 Å². The van der Waals surface area contributed by atoms with Gasteiger partial charge in [0.15, 0.2) is 0 Å². The van der Waals surface area contributed by atoms with E-state index in [2.05, 4.69) is 13.8 Å². The summed E-state index contributed by atoms with van der Waals surface area (Å²) >= 11 is 0. The van der Waals surface area contributed by atoms with Crippen molar-refractivity contribution in [1.29, 1.82) is 0 Å². The van der Waals surface area contributed by atoms with Gasteiger partial charge in [0.1, 0.15) is 5.60 Å². The Morgan fingerprint density at radius 2 is 0.958 bits per heavy atom. The second-order valence-electron chi connectivity index (χ2n) is 7.42. The number of hydrogen-bond donors (Lipinski definition) is 1. The molecule has 24 heavy (non-hydrogen) atoms. The van der Waals surface area contributed by atoms with E-state index < -0.39 is 11.6 Å². The normalized spacial score (nSPS) is 13.8. The Labute approximate surface area is 150 Å². The smallest absolute Gasteiger partial charge is 0.104 e. The molecule has 0 fully saturated rings. The molecule has 0 heterocycles. The minimum Gasteiger partial charge on any atom is -0.547 e. The minimum atomic E-state index is -1.61. The summed E-state index contributed by atoms with van der Waals surface area (Å²) in [6, 6.07) is 0. The second kappa shape index (κ2) is 15.9. The van der Waals surface area contributed by atoms with Gasteiger partial charge in [0.25, 0.3) is 0 Å². The van der Waals surface area contributed by atoms with E-state index in [1.54, 1.807) is 0 Å². The third-order valence-electron chi connectivity index (χ3n) is 5.02. The van der Waals surface area contributed by atoms with Crippen molar-refractivity contribution in [2.75, 3.05) is 0 Å². The lowest BCUT2D eigenvalue weighted by Gasteiger charge is -2.29. The van der Waals surface area contributed by atoms with E-state index >= 15 is 0 Å². The molecule has 0 rings (SSSR count). The van der Waals surface area contributed by atoms with Gasteiger partial charge in [0, 0.05) is 0 Å². The number of aliphatic carboxylic acids is 1. The Hall–Kier alpha value is -0.570. The van der Waals surface area contributed by atoms with Gasteiger partial charge in [-0.05, 0) is 12.8 Å². The summed E-state index contributed by atoms with van der Waals surface area (Å²) < 4.78 is 0. The Kier molecular flexibility index (Phi) is 15.6. The van der Waals surface area contributed by atoms with Gasteiger partial charge in [-0.2, -0.15) is 0 Å². The van der Waals surface area contributed by atoms with E-state index in [1.807, 2.05) is 0 Å². The van der Waals surface area contributed by atoms with E-state index in [0.29, 0.717) is 12.8 Å². The van der Waals surface area contributed by atoms with Crippen LogP contribution in [0.2, 0.25) is 0 Å². The first-order valence-corrected chi connectivity index (χ1v) is 10.5. The van der Waals surface area contributed by atoms with Gasteiger partial charge in [0.2, 0.25) is 0 Å². The number of carbonyl (C=O) groups is 1. The molecule has 3 heteroatoms. The van der Waals surface area contributed by atoms with Crippen LogP contribution >= 0.6 is 0 Å². The average Bonchev–Trinajstić information content (AvgIpc) is 2.56. The van der Waals surface area contributed by atoms with Crippen molar-refractivity contribution >= 4 is 5.97 Å². The molecular weight excluding hydrogens is 300 g/mol. The Morgan fingerprint density at radius 3 is 1.25 bits per heavy atom. The molecule has 0 saturated heterocycles. The lowest BCUT2D eigenvalue weighted by molar-refractivity contribution is -0.325. The maximum absolute atomic E-state index is 11.3. The fraction of sp³-hybridized carbons (Fsp3) is 0.952. The molecule has 0 aromatic carbocycles. The standard InChI is InChI=1S/C21H42O3/c1-3-5-7-9-11-12-13-15-17-19-21(24,20(22)23)18-16-14-10-8-6-4-2/h24H,3-19H2,1-2H3,(H,22,23)/p-1. The molecular formula is C21H41O3-. The molecule has 144 valence electrons. The van der Waals surface area contributed by atoms with Crippen LogP contribution in [0.3, 0.4) is 0 Å². The Morgan fingerprint density at radius 1 is 0.667 bits per heavy atom. The molecule has 0 radical (unpaired) electrons. The topological polar surface area (TPSA) is 60.4 Å². The first-order valence-electron chi connectivity index (χ1n) is 10.5. The van der Waals surface area contributed by atoms with E-state index in [9.17, 15) is 15.0 Å². The second-order valence-corrected chi connectivity index (χ2v) is 7.42. The maximum atomic E-state index is 11.3. The number of carboxylic acid groups (broad SMARTS) is 1. The summed E-state index contributed by atoms with van der Waals surface area (Å²) in [6.45, 7) is 4.41. The average molecular weight is 342 g/mol. The fourth-order valence-electron chi connectivity index (χ4n) is 3.26. The number of rotatable bonds is 18. The highest BCUT2D eigenvalue weighted by Gasteiger charge is 2.27. The minimum absolute atomic E-state index is 0.346. The summed E-state index contributed by atoms with van der Waals surface area (Å²) in [5.41, 5.74) is -1.61. The number of unbranched alkanes of at least 4 members (excludes halogenated alkanes) is 13. The predicted molar refractivity (Wildman–Crippen MR) is 99.8 cm³/mol. The van der Waals surface area contributed by atoms with Crippen molar-refractivity contribution in [1.82, 2.24) is 0 Å². The van der Waals surface area contributed by atoms with Gasteiger partial charge in [-0.1, -0.05) is 110 Å². The van der Waals surface area contributed by atoms with Gasteiger partial charge in [-0.3, -0.25) is 0 Å². The van der Waals surface area contributed by atoms with Crippen molar-refractivity contribution < 1.29 is 15.0 Å². The van der Waals surface area contributed by atoms with E-state index in [0.717, 1.165) is 38.5 Å². The molecule has 1 N–H and O–H groups in total. The molecule has 0 saturated carbocycles. The van der Waals surface area contributed by atoms with Crippen molar-refractivity contribution in [3.8, 4) is 0 Å². The maximum Gasteiger partial charge on any atom is 0.104 e. The predicted octanol–water partition coefficient (Wildman–Crippen LogP) is 5.14. The number of hydrogen-bond acceptors (Lipinski definition) is 3. The lowest BCUT2D eigenvalue weighted by atomic mass is 9.89. The molecule has 0 aliphatic rings. The third kappa shape index (κ3) is 12.8. The van der Waals surface area contributed by atoms with Gasteiger partial charge >= 0.3 is 0 Å². The molecule has 0 aliphatic heterocycles. The van der Waals surface area contributed by atoms with Crippen LogP contribution in [-0.4, -0.2) is 16.7 Å². The molecule has 3 nitrogen and oxygen atoms in total. The first-order chi connectivity index (χ1) is 11.6. The highest BCUT2D eigenvalue weighted by atomic mass is 16.4. The van der Waals surface area contributed by atoms with Gasteiger partial charge in [-0.25, -0.2) is 0 Å². The highest BCUT2D eigenvalue weighted by Crippen LogP contribution is 2.23. The molecule has 1 unspecified atom stereocenters. The Balaban J connectivity index is 3.72. The van der Waals surface area contributed by atoms with Gasteiger partial charge in [0.05, 0.1) is 5.97 Å². The van der Waals surface area contributed by atoms with Crippen molar-refractivity contribution in [2.45, 2.75) is 129 Å². The van der Waals surface area contributed by atoms with Gasteiger partial charge < -0.3 is 15.0 Å². The quantitative estimate of drug-likeness (QED) is 0.351. The molecule has 0 bridgehead atoms. The number of carbonyl (C=O) groups excluding carboxylic acids is 1. The zero-order valence-corrected chi connectivity index (χ0v) is 16.3. The summed E-state index contributed by atoms with van der Waals surface area (Å²) in [5, 5.41) is 21.6. The van der Waals surface area contributed by atoms with E-state index in [4.69, 9.17) is 0 Å². The van der Waals surface area contributed by atoms with Crippen LogP contribution in [-0.2, 0) is 4.79 Å².